The van der Waals surface area contributed by atoms with Crippen molar-refractivity contribution in [1.29, 1.82) is 0 Å². The van der Waals surface area contributed by atoms with Gasteiger partial charge in [-0.2, -0.15) is 0 Å². The van der Waals surface area contributed by atoms with E-state index in [1.54, 1.807) is 17.7 Å². The summed E-state index contributed by atoms with van der Waals surface area (Å²) >= 11 is 1.64. The zero-order chi connectivity index (χ0) is 21.5. The molecule has 0 spiro atoms. The lowest BCUT2D eigenvalue weighted by molar-refractivity contribution is -0.132. The van der Waals surface area contributed by atoms with Gasteiger partial charge >= 0.3 is 0 Å². The van der Waals surface area contributed by atoms with Crippen molar-refractivity contribution in [3.63, 3.8) is 0 Å². The number of aryl methyl sites for hydroxylation is 3. The summed E-state index contributed by atoms with van der Waals surface area (Å²) in [5.74, 6) is -0.0113. The zero-order valence-electron chi connectivity index (χ0n) is 18.1. The summed E-state index contributed by atoms with van der Waals surface area (Å²) in [6.07, 6.45) is 5.84. The lowest BCUT2D eigenvalue weighted by Crippen LogP contribution is -2.54. The monoisotopic (exact) mass is 436 g/mol. The Morgan fingerprint density at radius 1 is 1.16 bits per heavy atom. The minimum atomic E-state index is -0.0657. The number of nitrogens with zero attached hydrogens (tertiary/aromatic N) is 4. The van der Waals surface area contributed by atoms with E-state index >= 15 is 0 Å². The van der Waals surface area contributed by atoms with Crippen molar-refractivity contribution in [3.05, 3.63) is 57.0 Å². The van der Waals surface area contributed by atoms with Crippen LogP contribution >= 0.6 is 11.3 Å². The number of hydrogen-bond donors (Lipinski definition) is 0. The molecular weight excluding hydrogens is 408 g/mol. The Labute approximate surface area is 186 Å². The maximum Gasteiger partial charge on any atom is 0.262 e. The summed E-state index contributed by atoms with van der Waals surface area (Å²) in [6.45, 7) is 6.41. The number of piperazine rings is 1. The summed E-state index contributed by atoms with van der Waals surface area (Å²) in [5.41, 5.74) is 3.54. The SMILES string of the molecule is Cc1ccc(N2CCN(C(=O)Cn3cnc4sc5c(c4c3=O)CCCC5)CC2C)cc1. The Morgan fingerprint density at radius 3 is 2.71 bits per heavy atom. The second-order valence-electron chi connectivity index (χ2n) is 8.79. The van der Waals surface area contributed by atoms with Gasteiger partial charge in [-0.25, -0.2) is 4.98 Å². The van der Waals surface area contributed by atoms with E-state index in [4.69, 9.17) is 0 Å². The van der Waals surface area contributed by atoms with Crippen LogP contribution in [-0.2, 0) is 24.2 Å². The van der Waals surface area contributed by atoms with Gasteiger partial charge in [-0.05, 0) is 57.2 Å². The number of anilines is 1. The molecule has 0 bridgehead atoms. The second-order valence-corrected chi connectivity index (χ2v) is 9.87. The lowest BCUT2D eigenvalue weighted by atomic mass is 9.97. The van der Waals surface area contributed by atoms with Crippen molar-refractivity contribution in [3.8, 4) is 0 Å². The van der Waals surface area contributed by atoms with E-state index in [2.05, 4.69) is 48.0 Å². The van der Waals surface area contributed by atoms with Crippen LogP contribution in [0.25, 0.3) is 10.2 Å². The molecule has 0 N–H and O–H groups in total. The highest BCUT2D eigenvalue weighted by Crippen LogP contribution is 2.33. The van der Waals surface area contributed by atoms with Gasteiger partial charge < -0.3 is 9.80 Å². The van der Waals surface area contributed by atoms with Crippen molar-refractivity contribution in [1.82, 2.24) is 14.5 Å². The minimum absolute atomic E-state index is 0.0113. The summed E-state index contributed by atoms with van der Waals surface area (Å²) in [7, 11) is 0. The van der Waals surface area contributed by atoms with E-state index in [0.29, 0.717) is 13.1 Å². The van der Waals surface area contributed by atoms with Gasteiger partial charge in [-0.3, -0.25) is 14.2 Å². The number of carbonyl (C=O) groups excluding carboxylic acids is 1. The van der Waals surface area contributed by atoms with Crippen molar-refractivity contribution in [2.45, 2.75) is 52.1 Å². The number of benzene rings is 1. The molecule has 31 heavy (non-hydrogen) atoms. The second kappa shape index (κ2) is 8.11. The molecule has 1 aromatic carbocycles. The normalized spacial score (nSPS) is 19.0. The molecule has 1 amide bonds. The molecule has 5 rings (SSSR count). The fraction of sp³-hybridized carbons (Fsp3) is 0.458. The lowest BCUT2D eigenvalue weighted by Gasteiger charge is -2.41. The first-order valence-corrected chi connectivity index (χ1v) is 11.9. The van der Waals surface area contributed by atoms with Gasteiger partial charge in [0.05, 0.1) is 11.7 Å². The van der Waals surface area contributed by atoms with Gasteiger partial charge in [0.2, 0.25) is 5.91 Å². The summed E-state index contributed by atoms with van der Waals surface area (Å²) in [5, 5.41) is 0.743. The van der Waals surface area contributed by atoms with Gasteiger partial charge in [0.15, 0.2) is 0 Å². The van der Waals surface area contributed by atoms with Crippen molar-refractivity contribution >= 4 is 33.1 Å². The first kappa shape index (κ1) is 20.2. The van der Waals surface area contributed by atoms with Crippen LogP contribution < -0.4 is 10.5 Å². The highest BCUT2D eigenvalue weighted by atomic mass is 32.1. The molecule has 162 valence electrons. The van der Waals surface area contributed by atoms with E-state index in [9.17, 15) is 9.59 Å². The molecule has 2 aliphatic rings. The molecule has 1 atom stereocenters. The van der Waals surface area contributed by atoms with Crippen LogP contribution in [-0.4, -0.2) is 46.0 Å². The number of thiophene rings is 1. The Hall–Kier alpha value is -2.67. The average molecular weight is 437 g/mol. The molecular formula is C24H28N4O2S. The number of rotatable bonds is 3. The van der Waals surface area contributed by atoms with E-state index in [1.165, 1.54) is 32.7 Å². The van der Waals surface area contributed by atoms with Gasteiger partial charge in [-0.1, -0.05) is 17.7 Å². The maximum atomic E-state index is 13.2. The fourth-order valence-electron chi connectivity index (χ4n) is 4.84. The Balaban J connectivity index is 1.31. The van der Waals surface area contributed by atoms with Crippen LogP contribution in [0.5, 0.6) is 0 Å². The number of hydrogen-bond acceptors (Lipinski definition) is 5. The number of fused-ring (bicyclic) bond motifs is 3. The van der Waals surface area contributed by atoms with Crippen LogP contribution in [0, 0.1) is 6.92 Å². The zero-order valence-corrected chi connectivity index (χ0v) is 19.0. The summed E-state index contributed by atoms with van der Waals surface area (Å²) in [6, 6.07) is 8.76. The predicted molar refractivity (Wildman–Crippen MR) is 125 cm³/mol. The molecule has 1 aliphatic carbocycles. The van der Waals surface area contributed by atoms with Crippen LogP contribution in [0.3, 0.4) is 0 Å². The van der Waals surface area contributed by atoms with Crippen molar-refractivity contribution in [2.24, 2.45) is 0 Å². The number of aromatic nitrogens is 2. The molecule has 1 saturated heterocycles. The third-order valence-electron chi connectivity index (χ3n) is 6.59. The molecule has 6 nitrogen and oxygen atoms in total. The summed E-state index contributed by atoms with van der Waals surface area (Å²) in [4.78, 5) is 37.1. The predicted octanol–water partition coefficient (Wildman–Crippen LogP) is 3.38. The van der Waals surface area contributed by atoms with Crippen LogP contribution in [0.4, 0.5) is 5.69 Å². The molecule has 0 saturated carbocycles. The van der Waals surface area contributed by atoms with E-state index in [1.807, 2.05) is 4.90 Å². The van der Waals surface area contributed by atoms with Crippen molar-refractivity contribution in [2.75, 3.05) is 24.5 Å². The van der Waals surface area contributed by atoms with E-state index in [0.717, 1.165) is 36.0 Å². The molecule has 1 aliphatic heterocycles. The Kier molecular flexibility index (Phi) is 5.30. The molecule has 3 heterocycles. The summed E-state index contributed by atoms with van der Waals surface area (Å²) < 4.78 is 1.50. The first-order chi connectivity index (χ1) is 15.0. The maximum absolute atomic E-state index is 13.2. The molecule has 7 heteroatoms. The Bertz CT molecular complexity index is 1180. The standard InChI is InChI=1S/C24H28N4O2S/c1-16-7-9-18(10-8-16)28-12-11-26(13-17(28)2)21(29)14-27-15-25-23-22(24(27)30)19-5-3-4-6-20(19)31-23/h7-10,15,17H,3-6,11-14H2,1-2H3. The first-order valence-electron chi connectivity index (χ1n) is 11.1. The highest BCUT2D eigenvalue weighted by molar-refractivity contribution is 7.18. The molecule has 1 unspecified atom stereocenters. The average Bonchev–Trinajstić information content (AvgIpc) is 3.15. The van der Waals surface area contributed by atoms with E-state index in [-0.39, 0.29) is 24.1 Å². The highest BCUT2D eigenvalue weighted by Gasteiger charge is 2.27. The molecule has 3 aromatic rings. The topological polar surface area (TPSA) is 58.4 Å². The largest absolute Gasteiger partial charge is 0.365 e. The van der Waals surface area contributed by atoms with E-state index < -0.39 is 0 Å². The number of carbonyl (C=O) groups is 1. The third-order valence-corrected chi connectivity index (χ3v) is 7.79. The molecule has 0 radical (unpaired) electrons. The van der Waals surface area contributed by atoms with Crippen LogP contribution in [0.1, 0.15) is 35.8 Å². The van der Waals surface area contributed by atoms with Crippen molar-refractivity contribution < 1.29 is 4.79 Å². The number of amides is 1. The van der Waals surface area contributed by atoms with Gasteiger partial charge in [-0.15, -0.1) is 11.3 Å². The fourth-order valence-corrected chi connectivity index (χ4v) is 6.06. The molecule has 1 fully saturated rings. The van der Waals surface area contributed by atoms with Crippen LogP contribution in [0.15, 0.2) is 35.4 Å². The Morgan fingerprint density at radius 2 is 1.94 bits per heavy atom. The molecule has 2 aromatic heterocycles. The van der Waals surface area contributed by atoms with Gasteiger partial charge in [0.25, 0.3) is 5.56 Å². The quantitative estimate of drug-likeness (QED) is 0.632. The third kappa shape index (κ3) is 3.76. The minimum Gasteiger partial charge on any atom is -0.365 e. The van der Waals surface area contributed by atoms with Crippen LogP contribution in [0.2, 0.25) is 0 Å². The smallest absolute Gasteiger partial charge is 0.262 e. The van der Waals surface area contributed by atoms with Gasteiger partial charge in [0.1, 0.15) is 11.4 Å². The van der Waals surface area contributed by atoms with Gasteiger partial charge in [0, 0.05) is 36.2 Å².